The number of aromatic nitrogens is 2. The lowest BCUT2D eigenvalue weighted by Crippen LogP contribution is -2.48. The predicted molar refractivity (Wildman–Crippen MR) is 58.7 cm³/mol. The minimum atomic E-state index is -1.04. The van der Waals surface area contributed by atoms with Gasteiger partial charge in [0.1, 0.15) is 17.0 Å². The number of Topliss-reactive ketones (excluding diaryl/α,β-unsaturated/α-hetero) is 1. The van der Waals surface area contributed by atoms with E-state index in [0.717, 1.165) is 31.6 Å². The molecule has 3 rings (SSSR count). The number of carboxylic acids is 1. The van der Waals surface area contributed by atoms with Crippen molar-refractivity contribution in [3.8, 4) is 0 Å². The van der Waals surface area contributed by atoms with Crippen molar-refractivity contribution in [1.82, 2.24) is 9.55 Å². The fourth-order valence-corrected chi connectivity index (χ4v) is 2.71. The number of carbonyl (C=O) groups is 2. The minimum absolute atomic E-state index is 0.0124. The smallest absolute Gasteiger partial charge is 0.316 e. The van der Waals surface area contributed by atoms with Gasteiger partial charge in [0.2, 0.25) is 0 Å². The maximum absolute atomic E-state index is 11.4. The van der Waals surface area contributed by atoms with Gasteiger partial charge in [-0.1, -0.05) is 0 Å². The number of imidazole rings is 1. The van der Waals surface area contributed by atoms with Crippen LogP contribution in [0.15, 0.2) is 6.20 Å². The number of fused-ring (bicyclic) bond motifs is 1. The highest BCUT2D eigenvalue weighted by atomic mass is 16.4. The zero-order valence-corrected chi connectivity index (χ0v) is 9.48. The Kier molecular flexibility index (Phi) is 2.11. The van der Waals surface area contributed by atoms with Gasteiger partial charge < -0.3 is 9.67 Å². The van der Waals surface area contributed by atoms with E-state index in [2.05, 4.69) is 4.98 Å². The molecule has 90 valence electrons. The summed E-state index contributed by atoms with van der Waals surface area (Å²) in [5.41, 5.74) is -0.469. The number of aliphatic carboxylic acids is 1. The van der Waals surface area contributed by atoms with E-state index in [1.165, 1.54) is 0 Å². The van der Waals surface area contributed by atoms with Crippen LogP contribution in [0.3, 0.4) is 0 Å². The fourth-order valence-electron chi connectivity index (χ4n) is 2.71. The maximum atomic E-state index is 11.4. The van der Waals surface area contributed by atoms with E-state index in [9.17, 15) is 14.7 Å². The summed E-state index contributed by atoms with van der Waals surface area (Å²) in [6.07, 6.45) is 5.15. The SMILES string of the molecule is O=C1CC(C(=O)O)(c2cn3c(n2)CCCC3)C1. The highest BCUT2D eigenvalue weighted by molar-refractivity contribution is 6.01. The zero-order valence-electron chi connectivity index (χ0n) is 9.48. The van der Waals surface area contributed by atoms with Crippen LogP contribution >= 0.6 is 0 Å². The molecule has 0 radical (unpaired) electrons. The largest absolute Gasteiger partial charge is 0.481 e. The van der Waals surface area contributed by atoms with Gasteiger partial charge in [-0.2, -0.15) is 0 Å². The molecule has 1 aromatic rings. The average Bonchev–Trinajstić information content (AvgIpc) is 2.67. The maximum Gasteiger partial charge on any atom is 0.316 e. The van der Waals surface area contributed by atoms with Gasteiger partial charge in [0.05, 0.1) is 5.69 Å². The molecule has 0 unspecified atom stereocenters. The highest BCUT2D eigenvalue weighted by Gasteiger charge is 2.53. The van der Waals surface area contributed by atoms with Crippen LogP contribution in [0.25, 0.3) is 0 Å². The minimum Gasteiger partial charge on any atom is -0.481 e. The number of ketones is 1. The van der Waals surface area contributed by atoms with Gasteiger partial charge in [0.25, 0.3) is 0 Å². The van der Waals surface area contributed by atoms with Crippen LogP contribution in [-0.2, 0) is 28.0 Å². The Hall–Kier alpha value is -1.65. The standard InChI is InChI=1S/C12H14N2O3/c15-8-5-12(6-8,11(16)17)9-7-14-4-2-1-3-10(14)13-9/h7H,1-6H2,(H,16,17). The van der Waals surface area contributed by atoms with Crippen molar-refractivity contribution in [2.75, 3.05) is 0 Å². The Morgan fingerprint density at radius 1 is 1.41 bits per heavy atom. The number of carbonyl (C=O) groups excluding carboxylic acids is 1. The van der Waals surface area contributed by atoms with Crippen LogP contribution in [0.1, 0.15) is 37.2 Å². The number of carboxylic acid groups (broad SMARTS) is 1. The molecule has 5 nitrogen and oxygen atoms in total. The summed E-state index contributed by atoms with van der Waals surface area (Å²) < 4.78 is 2.03. The van der Waals surface area contributed by atoms with E-state index in [1.807, 2.05) is 10.8 Å². The van der Waals surface area contributed by atoms with Gasteiger partial charge in [0, 0.05) is 32.0 Å². The summed E-state index contributed by atoms with van der Waals surface area (Å²) in [5.74, 6) is 0.0529. The summed E-state index contributed by atoms with van der Waals surface area (Å²) in [6.45, 7) is 0.909. The molecule has 1 aliphatic carbocycles. The first-order chi connectivity index (χ1) is 8.12. The van der Waals surface area contributed by atoms with Gasteiger partial charge in [-0.05, 0) is 12.8 Å². The van der Waals surface area contributed by atoms with Gasteiger partial charge in [-0.3, -0.25) is 9.59 Å². The Labute approximate surface area is 98.5 Å². The molecular formula is C12H14N2O3. The molecule has 0 saturated heterocycles. The van der Waals surface area contributed by atoms with E-state index in [-0.39, 0.29) is 18.6 Å². The molecule has 2 aliphatic rings. The Balaban J connectivity index is 2.00. The third-order valence-electron chi connectivity index (χ3n) is 3.81. The molecule has 2 heterocycles. The number of nitrogens with zero attached hydrogens (tertiary/aromatic N) is 2. The summed E-state index contributed by atoms with van der Waals surface area (Å²) in [6, 6.07) is 0. The highest BCUT2D eigenvalue weighted by Crippen LogP contribution is 2.41. The topological polar surface area (TPSA) is 72.2 Å². The fraction of sp³-hybridized carbons (Fsp3) is 0.583. The van der Waals surface area contributed by atoms with Crippen molar-refractivity contribution in [1.29, 1.82) is 0 Å². The number of aryl methyl sites for hydroxylation is 2. The van der Waals surface area contributed by atoms with Crippen molar-refractivity contribution >= 4 is 11.8 Å². The normalized spacial score (nSPS) is 21.8. The van der Waals surface area contributed by atoms with E-state index >= 15 is 0 Å². The molecule has 0 amide bonds. The Morgan fingerprint density at radius 2 is 2.18 bits per heavy atom. The third-order valence-corrected chi connectivity index (χ3v) is 3.81. The van der Waals surface area contributed by atoms with Gasteiger partial charge >= 0.3 is 5.97 Å². The monoisotopic (exact) mass is 234 g/mol. The summed E-state index contributed by atoms with van der Waals surface area (Å²) in [5, 5.41) is 9.31. The lowest BCUT2D eigenvalue weighted by atomic mass is 9.66. The molecule has 0 atom stereocenters. The summed E-state index contributed by atoms with van der Waals surface area (Å²) >= 11 is 0. The van der Waals surface area contributed by atoms with Crippen LogP contribution in [0.4, 0.5) is 0 Å². The van der Waals surface area contributed by atoms with E-state index in [0.29, 0.717) is 5.69 Å². The second-order valence-corrected chi connectivity index (χ2v) is 4.97. The Bertz CT molecular complexity index is 472. The van der Waals surface area contributed by atoms with E-state index in [1.54, 1.807) is 0 Å². The molecule has 1 aromatic heterocycles. The number of hydrogen-bond donors (Lipinski definition) is 1. The lowest BCUT2D eigenvalue weighted by Gasteiger charge is -2.34. The van der Waals surface area contributed by atoms with Gasteiger partial charge in [-0.25, -0.2) is 4.98 Å². The predicted octanol–water partition coefficient (Wildman–Crippen LogP) is 0.905. The molecule has 0 aromatic carbocycles. The van der Waals surface area contributed by atoms with Gasteiger partial charge in [-0.15, -0.1) is 0 Å². The molecule has 1 saturated carbocycles. The van der Waals surface area contributed by atoms with Crippen molar-refractivity contribution in [2.24, 2.45) is 0 Å². The van der Waals surface area contributed by atoms with Crippen molar-refractivity contribution in [3.05, 3.63) is 17.7 Å². The van der Waals surface area contributed by atoms with E-state index < -0.39 is 11.4 Å². The van der Waals surface area contributed by atoms with Crippen LogP contribution in [0.5, 0.6) is 0 Å². The molecule has 1 N–H and O–H groups in total. The zero-order chi connectivity index (χ0) is 12.0. The lowest BCUT2D eigenvalue weighted by molar-refractivity contribution is -0.153. The number of rotatable bonds is 2. The van der Waals surface area contributed by atoms with Crippen molar-refractivity contribution < 1.29 is 14.7 Å². The summed E-state index contributed by atoms with van der Waals surface area (Å²) in [7, 11) is 0. The average molecular weight is 234 g/mol. The van der Waals surface area contributed by atoms with Crippen molar-refractivity contribution in [2.45, 2.75) is 44.1 Å². The summed E-state index contributed by atoms with van der Waals surface area (Å²) in [4.78, 5) is 26.9. The number of hydrogen-bond acceptors (Lipinski definition) is 3. The first-order valence-electron chi connectivity index (χ1n) is 5.93. The second kappa shape index (κ2) is 3.42. The first-order valence-corrected chi connectivity index (χ1v) is 5.93. The van der Waals surface area contributed by atoms with E-state index in [4.69, 9.17) is 0 Å². The molecule has 5 heteroatoms. The van der Waals surface area contributed by atoms with Crippen LogP contribution in [-0.4, -0.2) is 26.4 Å². The third kappa shape index (κ3) is 1.41. The van der Waals surface area contributed by atoms with Crippen molar-refractivity contribution in [3.63, 3.8) is 0 Å². The molecule has 1 fully saturated rings. The van der Waals surface area contributed by atoms with Crippen LogP contribution < -0.4 is 0 Å². The Morgan fingerprint density at radius 3 is 2.76 bits per heavy atom. The second-order valence-electron chi connectivity index (χ2n) is 4.97. The molecule has 0 bridgehead atoms. The molecule has 0 spiro atoms. The van der Waals surface area contributed by atoms with Crippen LogP contribution in [0.2, 0.25) is 0 Å². The van der Waals surface area contributed by atoms with Crippen LogP contribution in [0, 0.1) is 0 Å². The quantitative estimate of drug-likeness (QED) is 0.825. The van der Waals surface area contributed by atoms with Gasteiger partial charge in [0.15, 0.2) is 0 Å². The first kappa shape index (κ1) is 10.5. The molecule has 1 aliphatic heterocycles. The molecule has 17 heavy (non-hydrogen) atoms. The molecular weight excluding hydrogens is 220 g/mol.